The van der Waals surface area contributed by atoms with Crippen LogP contribution in [0, 0.1) is 19.8 Å². The number of aromatic nitrogens is 2. The van der Waals surface area contributed by atoms with Gasteiger partial charge in [0, 0.05) is 42.3 Å². The van der Waals surface area contributed by atoms with Crippen molar-refractivity contribution in [2.45, 2.75) is 26.7 Å². The normalized spacial score (nSPS) is 15.6. The van der Waals surface area contributed by atoms with Crippen molar-refractivity contribution in [3.05, 3.63) is 77.7 Å². The first-order valence-corrected chi connectivity index (χ1v) is 13.2. The molecule has 1 aromatic heterocycles. The second-order valence-electron chi connectivity index (χ2n) is 10.1. The predicted molar refractivity (Wildman–Crippen MR) is 151 cm³/mol. The van der Waals surface area contributed by atoms with Crippen molar-refractivity contribution in [1.82, 2.24) is 15.0 Å². The molecule has 1 amide bonds. The number of piperidine rings is 1. The molecular weight excluding hydrogens is 492 g/mol. The number of anilines is 1. The Labute approximate surface area is 228 Å². The zero-order valence-corrected chi connectivity index (χ0v) is 22.9. The van der Waals surface area contributed by atoms with Gasteiger partial charge in [0.25, 0.3) is 5.91 Å². The number of ether oxygens (including phenoxy) is 2. The smallest absolute Gasteiger partial charge is 0.255 e. The summed E-state index contributed by atoms with van der Waals surface area (Å²) in [5.74, 6) is 2.68. The summed E-state index contributed by atoms with van der Waals surface area (Å²) in [6.07, 6.45) is 2.34. The van der Waals surface area contributed by atoms with Gasteiger partial charge in [0.1, 0.15) is 0 Å². The van der Waals surface area contributed by atoms with Gasteiger partial charge < -0.3 is 24.2 Å². The Morgan fingerprint density at radius 2 is 1.85 bits per heavy atom. The van der Waals surface area contributed by atoms with Gasteiger partial charge in [-0.25, -0.2) is 0 Å². The third-order valence-electron chi connectivity index (χ3n) is 7.09. The van der Waals surface area contributed by atoms with Crippen molar-refractivity contribution in [2.75, 3.05) is 39.2 Å². The van der Waals surface area contributed by atoms with Crippen LogP contribution in [0.1, 0.15) is 34.7 Å². The average molecular weight is 527 g/mol. The number of aryl methyl sites for hydroxylation is 2. The van der Waals surface area contributed by atoms with E-state index in [0.29, 0.717) is 47.0 Å². The van der Waals surface area contributed by atoms with Crippen LogP contribution in [0.2, 0.25) is 0 Å². The van der Waals surface area contributed by atoms with E-state index in [9.17, 15) is 4.79 Å². The molecule has 39 heavy (non-hydrogen) atoms. The number of carbonyl (C=O) groups is 1. The third kappa shape index (κ3) is 6.29. The van der Waals surface area contributed by atoms with Crippen molar-refractivity contribution in [3.8, 4) is 34.0 Å². The molecule has 0 spiro atoms. The van der Waals surface area contributed by atoms with E-state index in [0.717, 1.165) is 41.8 Å². The molecule has 1 aliphatic heterocycles. The molecule has 0 radical (unpaired) electrons. The molecule has 8 heteroatoms. The van der Waals surface area contributed by atoms with Crippen LogP contribution >= 0.6 is 0 Å². The minimum absolute atomic E-state index is 0.189. The Kier molecular flexibility index (Phi) is 7.93. The number of hydrogen-bond acceptors (Lipinski definition) is 7. The summed E-state index contributed by atoms with van der Waals surface area (Å²) >= 11 is 0. The topological polar surface area (TPSA) is 89.7 Å². The monoisotopic (exact) mass is 526 g/mol. The summed E-state index contributed by atoms with van der Waals surface area (Å²) in [6.45, 7) is 6.59. The van der Waals surface area contributed by atoms with Crippen molar-refractivity contribution in [2.24, 2.45) is 5.92 Å². The Bertz CT molecular complexity index is 1450. The molecule has 1 N–H and O–H groups in total. The van der Waals surface area contributed by atoms with Gasteiger partial charge in [-0.2, -0.15) is 4.98 Å². The van der Waals surface area contributed by atoms with Crippen LogP contribution in [-0.4, -0.2) is 54.8 Å². The number of nitrogens with one attached hydrogen (secondary N) is 1. The van der Waals surface area contributed by atoms with E-state index in [1.807, 2.05) is 67.6 Å². The van der Waals surface area contributed by atoms with E-state index >= 15 is 0 Å². The maximum atomic E-state index is 13.0. The number of benzene rings is 3. The summed E-state index contributed by atoms with van der Waals surface area (Å²) in [7, 11) is 3.77. The standard InChI is InChI=1S/C31H34N4O4/c1-20-16-25(30-32-21(2)39-34-30)11-13-27(20)23-7-9-24(10-8-23)31(36)33-26-12-14-28(37-4)29(17-26)38-19-22-6-5-15-35(3)18-22/h7-14,16-17,22H,5-6,15,18-19H2,1-4H3,(H,33,36). The highest BCUT2D eigenvalue weighted by atomic mass is 16.5. The van der Waals surface area contributed by atoms with E-state index < -0.39 is 0 Å². The highest BCUT2D eigenvalue weighted by molar-refractivity contribution is 6.04. The summed E-state index contributed by atoms with van der Waals surface area (Å²) in [6, 6.07) is 19.1. The highest BCUT2D eigenvalue weighted by Gasteiger charge is 2.19. The van der Waals surface area contributed by atoms with E-state index in [1.54, 1.807) is 14.0 Å². The molecule has 1 fully saturated rings. The van der Waals surface area contributed by atoms with E-state index in [-0.39, 0.29) is 5.91 Å². The SMILES string of the molecule is COc1ccc(NC(=O)c2ccc(-c3ccc(-c4noc(C)n4)cc3C)cc2)cc1OCC1CCCN(C)C1. The molecule has 0 bridgehead atoms. The molecule has 1 saturated heterocycles. The lowest BCUT2D eigenvalue weighted by atomic mass is 9.97. The third-order valence-corrected chi connectivity index (χ3v) is 7.09. The molecule has 8 nitrogen and oxygen atoms in total. The maximum Gasteiger partial charge on any atom is 0.255 e. The van der Waals surface area contributed by atoms with Crippen molar-refractivity contribution < 1.29 is 18.8 Å². The summed E-state index contributed by atoms with van der Waals surface area (Å²) in [4.78, 5) is 19.7. The molecule has 1 aliphatic rings. The number of likely N-dealkylation sites (tertiary alicyclic amines) is 1. The zero-order valence-electron chi connectivity index (χ0n) is 22.9. The molecule has 3 aromatic carbocycles. The lowest BCUT2D eigenvalue weighted by Gasteiger charge is -2.29. The van der Waals surface area contributed by atoms with Crippen molar-refractivity contribution in [3.63, 3.8) is 0 Å². The summed E-state index contributed by atoms with van der Waals surface area (Å²) in [5.41, 5.74) is 5.30. The van der Waals surface area contributed by atoms with Gasteiger partial charge in [0.05, 0.1) is 13.7 Å². The van der Waals surface area contributed by atoms with Crippen LogP contribution in [0.4, 0.5) is 5.69 Å². The van der Waals surface area contributed by atoms with Gasteiger partial charge in [0.2, 0.25) is 11.7 Å². The fourth-order valence-electron chi connectivity index (χ4n) is 5.03. The van der Waals surface area contributed by atoms with Crippen LogP contribution in [0.3, 0.4) is 0 Å². The lowest BCUT2D eigenvalue weighted by molar-refractivity contribution is 0.102. The Morgan fingerprint density at radius 3 is 2.54 bits per heavy atom. The van der Waals surface area contributed by atoms with E-state index in [4.69, 9.17) is 14.0 Å². The van der Waals surface area contributed by atoms with Crippen LogP contribution in [0.5, 0.6) is 11.5 Å². The molecule has 202 valence electrons. The predicted octanol–water partition coefficient (Wildman–Crippen LogP) is 6.00. The summed E-state index contributed by atoms with van der Waals surface area (Å²) in [5, 5.41) is 6.98. The second kappa shape index (κ2) is 11.7. The van der Waals surface area contributed by atoms with Crippen LogP contribution < -0.4 is 14.8 Å². The lowest BCUT2D eigenvalue weighted by Crippen LogP contribution is -2.34. The number of amides is 1. The molecule has 1 atom stereocenters. The number of hydrogen-bond donors (Lipinski definition) is 1. The van der Waals surface area contributed by atoms with Gasteiger partial charge in [-0.3, -0.25) is 4.79 Å². The minimum Gasteiger partial charge on any atom is -0.493 e. The fraction of sp³-hybridized carbons (Fsp3) is 0.323. The van der Waals surface area contributed by atoms with Crippen LogP contribution in [0.15, 0.2) is 65.2 Å². The number of carbonyl (C=O) groups excluding carboxylic acids is 1. The second-order valence-corrected chi connectivity index (χ2v) is 10.1. The van der Waals surface area contributed by atoms with E-state index in [1.165, 1.54) is 6.42 Å². The first kappa shape index (κ1) is 26.4. The number of rotatable bonds is 8. The van der Waals surface area contributed by atoms with Crippen molar-refractivity contribution in [1.29, 1.82) is 0 Å². The molecular formula is C31H34N4O4. The van der Waals surface area contributed by atoms with Gasteiger partial charge in [0.15, 0.2) is 11.5 Å². The Morgan fingerprint density at radius 1 is 1.05 bits per heavy atom. The van der Waals surface area contributed by atoms with E-state index in [2.05, 4.69) is 27.4 Å². The molecule has 4 aromatic rings. The fourth-order valence-corrected chi connectivity index (χ4v) is 5.03. The van der Waals surface area contributed by atoms with Crippen LogP contribution in [-0.2, 0) is 0 Å². The Balaban J connectivity index is 1.25. The average Bonchev–Trinajstić information content (AvgIpc) is 3.38. The maximum absolute atomic E-state index is 13.0. The van der Waals surface area contributed by atoms with Crippen molar-refractivity contribution >= 4 is 11.6 Å². The molecule has 5 rings (SSSR count). The van der Waals surface area contributed by atoms with Gasteiger partial charge in [-0.1, -0.05) is 29.4 Å². The minimum atomic E-state index is -0.189. The first-order valence-electron chi connectivity index (χ1n) is 13.2. The van der Waals surface area contributed by atoms with Gasteiger partial charge >= 0.3 is 0 Å². The van der Waals surface area contributed by atoms with Gasteiger partial charge in [-0.15, -0.1) is 0 Å². The van der Waals surface area contributed by atoms with Gasteiger partial charge in [-0.05, 0) is 80.4 Å². The number of methoxy groups -OCH3 is 1. The zero-order chi connectivity index (χ0) is 27.4. The first-order chi connectivity index (χ1) is 18.9. The largest absolute Gasteiger partial charge is 0.493 e. The Hall–Kier alpha value is -4.17. The molecule has 2 heterocycles. The summed E-state index contributed by atoms with van der Waals surface area (Å²) < 4.78 is 16.7. The highest BCUT2D eigenvalue weighted by Crippen LogP contribution is 2.32. The molecule has 0 aliphatic carbocycles. The van der Waals surface area contributed by atoms with Crippen LogP contribution in [0.25, 0.3) is 22.5 Å². The molecule has 1 unspecified atom stereocenters. The quantitative estimate of drug-likeness (QED) is 0.301. The number of nitrogens with zero attached hydrogens (tertiary/aromatic N) is 3. The molecule has 0 saturated carbocycles.